The second-order valence-electron chi connectivity index (χ2n) is 3.61. The molecule has 0 N–H and O–H groups in total. The van der Waals surface area contributed by atoms with E-state index in [0.717, 1.165) is 21.9 Å². The standard InChI is InChI=1S/C15H11BrO/c16-15-9-5-4-8-13(15)10-14(11-17)12-6-2-1-3-7-12/h1-11H. The summed E-state index contributed by atoms with van der Waals surface area (Å²) in [4.78, 5) is 11.1. The second-order valence-corrected chi connectivity index (χ2v) is 4.46. The quantitative estimate of drug-likeness (QED) is 0.470. The maximum atomic E-state index is 11.1. The molecule has 0 atom stereocenters. The molecule has 2 aromatic rings. The molecule has 0 bridgehead atoms. The lowest BCUT2D eigenvalue weighted by Gasteiger charge is -2.02. The van der Waals surface area contributed by atoms with Gasteiger partial charge in [0.15, 0.2) is 6.29 Å². The first-order valence-corrected chi connectivity index (χ1v) is 6.07. The zero-order valence-electron chi connectivity index (χ0n) is 9.14. The van der Waals surface area contributed by atoms with E-state index < -0.39 is 0 Å². The molecule has 0 saturated heterocycles. The number of halogens is 1. The van der Waals surface area contributed by atoms with Crippen molar-refractivity contribution in [2.24, 2.45) is 0 Å². The molecule has 0 unspecified atom stereocenters. The van der Waals surface area contributed by atoms with E-state index in [1.165, 1.54) is 0 Å². The van der Waals surface area contributed by atoms with Crippen molar-refractivity contribution in [3.05, 3.63) is 70.2 Å². The van der Waals surface area contributed by atoms with Gasteiger partial charge in [-0.05, 0) is 23.3 Å². The summed E-state index contributed by atoms with van der Waals surface area (Å²) >= 11 is 3.47. The van der Waals surface area contributed by atoms with Gasteiger partial charge in [-0.25, -0.2) is 0 Å². The fourth-order valence-corrected chi connectivity index (χ4v) is 1.97. The largest absolute Gasteiger partial charge is 0.298 e. The highest BCUT2D eigenvalue weighted by atomic mass is 79.9. The van der Waals surface area contributed by atoms with Crippen molar-refractivity contribution in [3.63, 3.8) is 0 Å². The van der Waals surface area contributed by atoms with Gasteiger partial charge in [0.1, 0.15) is 0 Å². The number of benzene rings is 2. The molecule has 0 radical (unpaired) electrons. The van der Waals surface area contributed by atoms with E-state index in [-0.39, 0.29) is 0 Å². The molecule has 84 valence electrons. The average Bonchev–Trinajstić information content (AvgIpc) is 2.39. The summed E-state index contributed by atoms with van der Waals surface area (Å²) in [5, 5.41) is 0. The van der Waals surface area contributed by atoms with Gasteiger partial charge in [-0.2, -0.15) is 0 Å². The Morgan fingerprint density at radius 1 is 0.941 bits per heavy atom. The van der Waals surface area contributed by atoms with Crippen LogP contribution in [0.25, 0.3) is 11.6 Å². The predicted octanol–water partition coefficient (Wildman–Crippen LogP) is 4.19. The molecule has 0 fully saturated rings. The molecule has 0 aliphatic heterocycles. The number of aldehydes is 1. The van der Waals surface area contributed by atoms with Crippen molar-refractivity contribution in [2.75, 3.05) is 0 Å². The summed E-state index contributed by atoms with van der Waals surface area (Å²) in [5.74, 6) is 0. The molecule has 2 rings (SSSR count). The molecule has 0 aliphatic carbocycles. The SMILES string of the molecule is O=CC(=Cc1ccccc1Br)c1ccccc1. The van der Waals surface area contributed by atoms with Gasteiger partial charge in [0.2, 0.25) is 0 Å². The van der Waals surface area contributed by atoms with E-state index in [9.17, 15) is 4.79 Å². The third-order valence-electron chi connectivity index (χ3n) is 2.45. The molecule has 0 spiro atoms. The Hall–Kier alpha value is -1.67. The lowest BCUT2D eigenvalue weighted by Crippen LogP contribution is -1.86. The third kappa shape index (κ3) is 2.92. The van der Waals surface area contributed by atoms with Crippen LogP contribution >= 0.6 is 15.9 Å². The van der Waals surface area contributed by atoms with Crippen LogP contribution in [0.2, 0.25) is 0 Å². The van der Waals surface area contributed by atoms with Gasteiger partial charge in [0.05, 0.1) is 0 Å². The molecular formula is C15H11BrO. The van der Waals surface area contributed by atoms with Crippen LogP contribution in [-0.2, 0) is 4.79 Å². The summed E-state index contributed by atoms with van der Waals surface area (Å²) in [6, 6.07) is 17.5. The van der Waals surface area contributed by atoms with Crippen molar-refractivity contribution in [1.29, 1.82) is 0 Å². The van der Waals surface area contributed by atoms with Crippen LogP contribution in [-0.4, -0.2) is 6.29 Å². The van der Waals surface area contributed by atoms with Crippen LogP contribution in [0.15, 0.2) is 59.1 Å². The number of hydrogen-bond acceptors (Lipinski definition) is 1. The van der Waals surface area contributed by atoms with Gasteiger partial charge in [-0.1, -0.05) is 64.5 Å². The molecule has 0 saturated carbocycles. The Morgan fingerprint density at radius 2 is 1.59 bits per heavy atom. The molecule has 0 amide bonds. The maximum Gasteiger partial charge on any atom is 0.150 e. The fourth-order valence-electron chi connectivity index (χ4n) is 1.58. The number of rotatable bonds is 3. The number of hydrogen-bond donors (Lipinski definition) is 0. The van der Waals surface area contributed by atoms with E-state index in [1.807, 2.05) is 60.7 Å². The summed E-state index contributed by atoms with van der Waals surface area (Å²) in [5.41, 5.74) is 2.61. The Kier molecular flexibility index (Phi) is 3.89. The monoisotopic (exact) mass is 286 g/mol. The van der Waals surface area contributed by atoms with Gasteiger partial charge in [0.25, 0.3) is 0 Å². The highest BCUT2D eigenvalue weighted by molar-refractivity contribution is 9.10. The lowest BCUT2D eigenvalue weighted by atomic mass is 10.0. The molecule has 17 heavy (non-hydrogen) atoms. The number of carbonyl (C=O) groups excluding carboxylic acids is 1. The molecule has 0 aliphatic rings. The molecule has 2 aromatic carbocycles. The Labute approximate surface area is 109 Å². The zero-order valence-corrected chi connectivity index (χ0v) is 10.7. The zero-order chi connectivity index (χ0) is 12.1. The van der Waals surface area contributed by atoms with Crippen molar-refractivity contribution < 1.29 is 4.79 Å². The summed E-state index contributed by atoms with van der Waals surface area (Å²) in [7, 11) is 0. The van der Waals surface area contributed by atoms with Gasteiger partial charge >= 0.3 is 0 Å². The molecule has 1 nitrogen and oxygen atoms in total. The van der Waals surface area contributed by atoms with Crippen molar-refractivity contribution in [2.45, 2.75) is 0 Å². The van der Waals surface area contributed by atoms with Gasteiger partial charge < -0.3 is 0 Å². The van der Waals surface area contributed by atoms with Crippen LogP contribution in [0.3, 0.4) is 0 Å². The first kappa shape index (κ1) is 11.8. The highest BCUT2D eigenvalue weighted by Gasteiger charge is 2.01. The van der Waals surface area contributed by atoms with Crippen molar-refractivity contribution >= 4 is 33.9 Å². The van der Waals surface area contributed by atoms with Crippen molar-refractivity contribution in [1.82, 2.24) is 0 Å². The molecule has 0 aromatic heterocycles. The van der Waals surface area contributed by atoms with Crippen LogP contribution in [0, 0.1) is 0 Å². The Balaban J connectivity index is 2.44. The first-order valence-electron chi connectivity index (χ1n) is 5.28. The molecule has 0 heterocycles. The van der Waals surface area contributed by atoms with Crippen molar-refractivity contribution in [3.8, 4) is 0 Å². The van der Waals surface area contributed by atoms with E-state index >= 15 is 0 Å². The predicted molar refractivity (Wildman–Crippen MR) is 74.5 cm³/mol. The topological polar surface area (TPSA) is 17.1 Å². The Morgan fingerprint density at radius 3 is 2.24 bits per heavy atom. The minimum Gasteiger partial charge on any atom is -0.298 e. The molecule has 2 heteroatoms. The van der Waals surface area contributed by atoms with Gasteiger partial charge in [-0.3, -0.25) is 4.79 Å². The fraction of sp³-hybridized carbons (Fsp3) is 0. The lowest BCUT2D eigenvalue weighted by molar-refractivity contribution is -0.103. The average molecular weight is 287 g/mol. The van der Waals surface area contributed by atoms with Crippen LogP contribution in [0.1, 0.15) is 11.1 Å². The second kappa shape index (κ2) is 5.60. The minimum atomic E-state index is 0.678. The first-order chi connectivity index (χ1) is 8.31. The van der Waals surface area contributed by atoms with E-state index in [2.05, 4.69) is 15.9 Å². The van der Waals surface area contributed by atoms with Gasteiger partial charge in [0, 0.05) is 10.0 Å². The Bertz CT molecular complexity index is 544. The van der Waals surface area contributed by atoms with Crippen LogP contribution < -0.4 is 0 Å². The summed E-state index contributed by atoms with van der Waals surface area (Å²) in [6.45, 7) is 0. The van der Waals surface area contributed by atoms with E-state index in [4.69, 9.17) is 0 Å². The number of carbonyl (C=O) groups is 1. The van der Waals surface area contributed by atoms with Gasteiger partial charge in [-0.15, -0.1) is 0 Å². The third-order valence-corrected chi connectivity index (χ3v) is 3.17. The maximum absolute atomic E-state index is 11.1. The van der Waals surface area contributed by atoms with Crippen LogP contribution in [0.4, 0.5) is 0 Å². The van der Waals surface area contributed by atoms with E-state index in [0.29, 0.717) is 5.57 Å². The minimum absolute atomic E-state index is 0.678. The van der Waals surface area contributed by atoms with Crippen LogP contribution in [0.5, 0.6) is 0 Å². The van der Waals surface area contributed by atoms with E-state index in [1.54, 1.807) is 0 Å². The number of allylic oxidation sites excluding steroid dienone is 1. The normalized spacial score (nSPS) is 11.2. The summed E-state index contributed by atoms with van der Waals surface area (Å²) in [6.07, 6.45) is 2.77. The molecular weight excluding hydrogens is 276 g/mol. The highest BCUT2D eigenvalue weighted by Crippen LogP contribution is 2.22. The smallest absolute Gasteiger partial charge is 0.150 e. The summed E-state index contributed by atoms with van der Waals surface area (Å²) < 4.78 is 0.982.